The van der Waals surface area contributed by atoms with Gasteiger partial charge in [-0.15, -0.1) is 5.10 Å². The molecule has 2 aromatic carbocycles. The summed E-state index contributed by atoms with van der Waals surface area (Å²) in [5, 5.41) is 10.1. The Kier molecular flexibility index (Phi) is 4.69. The van der Waals surface area contributed by atoms with Crippen LogP contribution in [0.25, 0.3) is 11.5 Å². The smallest absolute Gasteiger partial charge is 0.322 e. The average molecular weight is 422 g/mol. The molecule has 1 aromatic heterocycles. The summed E-state index contributed by atoms with van der Waals surface area (Å²) in [5.74, 6) is -0.288. The van der Waals surface area contributed by atoms with Gasteiger partial charge in [0.05, 0.1) is 4.90 Å². The van der Waals surface area contributed by atoms with Crippen LogP contribution in [-0.2, 0) is 9.84 Å². The molecular weight excluding hydrogens is 410 g/mol. The van der Waals surface area contributed by atoms with Crippen LogP contribution in [0.5, 0.6) is 0 Å². The molecule has 7 nitrogen and oxygen atoms in total. The Morgan fingerprint density at radius 3 is 2.52 bits per heavy atom. The van der Waals surface area contributed by atoms with Crippen molar-refractivity contribution in [2.24, 2.45) is 0 Å². The van der Waals surface area contributed by atoms with E-state index < -0.39 is 15.7 Å². The van der Waals surface area contributed by atoms with Crippen LogP contribution in [0.2, 0.25) is 0 Å². The van der Waals surface area contributed by atoms with E-state index in [1.165, 1.54) is 12.1 Å². The number of carbonyl (C=O) groups excluding carboxylic acids is 1. The van der Waals surface area contributed by atoms with Gasteiger partial charge in [0.1, 0.15) is 0 Å². The number of rotatable bonds is 4. The molecule has 0 atom stereocenters. The highest BCUT2D eigenvalue weighted by Crippen LogP contribution is 2.23. The van der Waals surface area contributed by atoms with Gasteiger partial charge in [0.15, 0.2) is 9.84 Å². The van der Waals surface area contributed by atoms with E-state index in [1.807, 2.05) is 0 Å². The van der Waals surface area contributed by atoms with Crippen molar-refractivity contribution in [3.8, 4) is 11.5 Å². The highest BCUT2D eigenvalue weighted by Gasteiger charge is 2.15. The molecule has 25 heavy (non-hydrogen) atoms. The zero-order valence-corrected chi connectivity index (χ0v) is 15.3. The largest absolute Gasteiger partial charge is 0.403 e. The number of amides is 1. The summed E-state index contributed by atoms with van der Waals surface area (Å²) in [4.78, 5) is 12.3. The molecule has 0 spiro atoms. The molecule has 0 saturated carbocycles. The van der Waals surface area contributed by atoms with Crippen molar-refractivity contribution in [1.29, 1.82) is 0 Å². The van der Waals surface area contributed by atoms with Gasteiger partial charge in [0.25, 0.3) is 5.91 Å². The van der Waals surface area contributed by atoms with E-state index in [2.05, 4.69) is 31.4 Å². The van der Waals surface area contributed by atoms with Crippen LogP contribution in [-0.4, -0.2) is 30.8 Å². The number of sulfone groups is 1. The van der Waals surface area contributed by atoms with Gasteiger partial charge in [-0.3, -0.25) is 10.1 Å². The van der Waals surface area contributed by atoms with E-state index in [1.54, 1.807) is 36.4 Å². The predicted octanol–water partition coefficient (Wildman–Crippen LogP) is 3.15. The number of nitrogens with one attached hydrogen (secondary N) is 1. The molecule has 0 bridgehead atoms. The van der Waals surface area contributed by atoms with E-state index in [-0.39, 0.29) is 16.8 Å². The Hall–Kier alpha value is -2.52. The number of benzene rings is 2. The lowest BCUT2D eigenvalue weighted by atomic mass is 10.2. The van der Waals surface area contributed by atoms with Crippen LogP contribution in [0.15, 0.2) is 62.3 Å². The van der Waals surface area contributed by atoms with Gasteiger partial charge in [-0.1, -0.05) is 27.1 Å². The Morgan fingerprint density at radius 2 is 1.84 bits per heavy atom. The van der Waals surface area contributed by atoms with Crippen molar-refractivity contribution in [2.45, 2.75) is 4.90 Å². The van der Waals surface area contributed by atoms with E-state index in [0.717, 1.165) is 10.7 Å². The van der Waals surface area contributed by atoms with Crippen LogP contribution in [0.1, 0.15) is 10.4 Å². The van der Waals surface area contributed by atoms with Crippen LogP contribution < -0.4 is 5.32 Å². The van der Waals surface area contributed by atoms with E-state index in [9.17, 15) is 13.2 Å². The number of halogens is 1. The number of aromatic nitrogens is 2. The first kappa shape index (κ1) is 17.3. The summed E-state index contributed by atoms with van der Waals surface area (Å²) < 4.78 is 29.5. The molecule has 1 amide bonds. The van der Waals surface area contributed by atoms with Gasteiger partial charge < -0.3 is 4.42 Å². The average Bonchev–Trinajstić information content (AvgIpc) is 3.03. The second kappa shape index (κ2) is 6.77. The first-order chi connectivity index (χ1) is 11.8. The predicted molar refractivity (Wildman–Crippen MR) is 94.9 cm³/mol. The lowest BCUT2D eigenvalue weighted by Gasteiger charge is -2.01. The van der Waals surface area contributed by atoms with Gasteiger partial charge in [0, 0.05) is 21.9 Å². The van der Waals surface area contributed by atoms with Crippen LogP contribution in [0, 0.1) is 0 Å². The normalized spacial score (nSPS) is 11.3. The Balaban J connectivity index is 1.81. The summed E-state index contributed by atoms with van der Waals surface area (Å²) in [7, 11) is -3.35. The van der Waals surface area contributed by atoms with Crippen LogP contribution >= 0.6 is 15.9 Å². The third-order valence-electron chi connectivity index (χ3n) is 3.26. The highest BCUT2D eigenvalue weighted by molar-refractivity contribution is 9.10. The molecule has 0 saturated heterocycles. The lowest BCUT2D eigenvalue weighted by Crippen LogP contribution is -2.11. The van der Waals surface area contributed by atoms with Crippen molar-refractivity contribution in [3.05, 3.63) is 58.6 Å². The first-order valence-corrected chi connectivity index (χ1v) is 9.72. The van der Waals surface area contributed by atoms with Gasteiger partial charge in [-0.25, -0.2) is 8.42 Å². The second-order valence-corrected chi connectivity index (χ2v) is 8.10. The third kappa shape index (κ3) is 4.12. The number of anilines is 1. The summed E-state index contributed by atoms with van der Waals surface area (Å²) in [5.41, 5.74) is 0.876. The van der Waals surface area contributed by atoms with E-state index in [0.29, 0.717) is 11.1 Å². The van der Waals surface area contributed by atoms with Crippen molar-refractivity contribution in [1.82, 2.24) is 10.2 Å². The molecule has 0 radical (unpaired) electrons. The zero-order chi connectivity index (χ0) is 18.0. The standard InChI is InChI=1S/C16H12BrN3O4S/c1-25(22,23)13-4-2-3-11(9-13)15-19-20-16(24-15)18-14(21)10-5-7-12(17)8-6-10/h2-9H,1H3,(H,18,20,21). The van der Waals surface area contributed by atoms with Gasteiger partial charge in [-0.05, 0) is 42.5 Å². The monoisotopic (exact) mass is 421 g/mol. The lowest BCUT2D eigenvalue weighted by molar-refractivity contribution is 0.102. The maximum Gasteiger partial charge on any atom is 0.322 e. The van der Waals surface area contributed by atoms with Crippen LogP contribution in [0.3, 0.4) is 0 Å². The number of carbonyl (C=O) groups is 1. The maximum absolute atomic E-state index is 12.1. The number of hydrogen-bond acceptors (Lipinski definition) is 6. The molecule has 128 valence electrons. The second-order valence-electron chi connectivity index (χ2n) is 5.17. The summed E-state index contributed by atoms with van der Waals surface area (Å²) in [6, 6.07) is 12.8. The van der Waals surface area contributed by atoms with Crippen LogP contribution in [0.4, 0.5) is 6.01 Å². The van der Waals surface area contributed by atoms with Gasteiger partial charge in [-0.2, -0.15) is 0 Å². The third-order valence-corrected chi connectivity index (χ3v) is 4.90. The number of hydrogen-bond donors (Lipinski definition) is 1. The van der Waals surface area contributed by atoms with Crippen molar-refractivity contribution in [2.75, 3.05) is 11.6 Å². The fourth-order valence-electron chi connectivity index (χ4n) is 2.02. The zero-order valence-electron chi connectivity index (χ0n) is 12.9. The summed E-state index contributed by atoms with van der Waals surface area (Å²) in [6.07, 6.45) is 1.11. The van der Waals surface area contributed by atoms with E-state index in [4.69, 9.17) is 4.42 Å². The first-order valence-electron chi connectivity index (χ1n) is 7.04. The molecule has 3 aromatic rings. The highest BCUT2D eigenvalue weighted by atomic mass is 79.9. The quantitative estimate of drug-likeness (QED) is 0.693. The molecular formula is C16H12BrN3O4S. The molecule has 0 aliphatic heterocycles. The minimum Gasteiger partial charge on any atom is -0.403 e. The van der Waals surface area contributed by atoms with Gasteiger partial charge in [0.2, 0.25) is 5.89 Å². The molecule has 0 unspecified atom stereocenters. The van der Waals surface area contributed by atoms with Crippen molar-refractivity contribution in [3.63, 3.8) is 0 Å². The Bertz CT molecular complexity index is 1030. The minimum absolute atomic E-state index is 0.0762. The molecule has 0 fully saturated rings. The molecule has 1 heterocycles. The Labute approximate surface area is 152 Å². The maximum atomic E-state index is 12.1. The SMILES string of the molecule is CS(=O)(=O)c1cccc(-c2nnc(NC(=O)c3ccc(Br)cc3)o2)c1. The topological polar surface area (TPSA) is 102 Å². The molecule has 0 aliphatic rings. The van der Waals surface area contributed by atoms with Gasteiger partial charge >= 0.3 is 6.01 Å². The van der Waals surface area contributed by atoms with E-state index >= 15 is 0 Å². The fourth-order valence-corrected chi connectivity index (χ4v) is 2.95. The van der Waals surface area contributed by atoms with Crippen molar-refractivity contribution >= 4 is 37.7 Å². The Morgan fingerprint density at radius 1 is 1.12 bits per heavy atom. The molecule has 3 rings (SSSR count). The fraction of sp³-hybridized carbons (Fsp3) is 0.0625. The molecule has 1 N–H and O–H groups in total. The number of nitrogens with zero attached hydrogens (tertiary/aromatic N) is 2. The summed E-state index contributed by atoms with van der Waals surface area (Å²) >= 11 is 3.29. The molecule has 9 heteroatoms. The van der Waals surface area contributed by atoms with Crippen molar-refractivity contribution < 1.29 is 17.6 Å². The molecule has 0 aliphatic carbocycles. The minimum atomic E-state index is -3.35. The summed E-state index contributed by atoms with van der Waals surface area (Å²) in [6.45, 7) is 0.